The van der Waals surface area contributed by atoms with E-state index in [1.165, 1.54) is 10.4 Å². The van der Waals surface area contributed by atoms with E-state index in [2.05, 4.69) is 6.92 Å². The molecule has 7 heteroatoms. The van der Waals surface area contributed by atoms with Crippen molar-refractivity contribution in [2.75, 3.05) is 13.1 Å². The molecule has 1 aromatic rings. The van der Waals surface area contributed by atoms with Gasteiger partial charge in [-0.15, -0.1) is 11.3 Å². The topological polar surface area (TPSA) is 80.5 Å². The van der Waals surface area contributed by atoms with Crippen LogP contribution in [0.1, 0.15) is 47.0 Å². The molecule has 1 aliphatic carbocycles. The van der Waals surface area contributed by atoms with Crippen LogP contribution in [0.25, 0.3) is 0 Å². The predicted octanol–water partition coefficient (Wildman–Crippen LogP) is 1.77. The van der Waals surface area contributed by atoms with Crippen LogP contribution in [0.5, 0.6) is 0 Å². The lowest BCUT2D eigenvalue weighted by Crippen LogP contribution is -2.44. The maximum atomic E-state index is 12.7. The first kappa shape index (κ1) is 16.0. The Morgan fingerprint density at radius 3 is 2.64 bits per heavy atom. The Morgan fingerprint density at radius 1 is 1.32 bits per heavy atom. The molecule has 1 aliphatic heterocycles. The van der Waals surface area contributed by atoms with Crippen LogP contribution in [-0.2, 0) is 22.9 Å². The Kier molecular flexibility index (Phi) is 4.31. The number of likely N-dealkylation sites (tertiary alicyclic amines) is 1. The SMILES string of the molecule is C[C@H]1CCc2c(C(=O)N3CCC(S(N)(=O)=O)CC3)csc2C1. The van der Waals surface area contributed by atoms with E-state index in [0.29, 0.717) is 31.8 Å². The van der Waals surface area contributed by atoms with Gasteiger partial charge in [0.1, 0.15) is 0 Å². The number of piperidine rings is 1. The third-order valence-corrected chi connectivity index (χ3v) is 7.28. The van der Waals surface area contributed by atoms with Crippen LogP contribution >= 0.6 is 11.3 Å². The summed E-state index contributed by atoms with van der Waals surface area (Å²) in [6, 6.07) is 0. The van der Waals surface area contributed by atoms with Gasteiger partial charge in [-0.25, -0.2) is 13.6 Å². The minimum Gasteiger partial charge on any atom is -0.339 e. The van der Waals surface area contributed by atoms with E-state index < -0.39 is 15.3 Å². The van der Waals surface area contributed by atoms with Crippen molar-refractivity contribution >= 4 is 27.3 Å². The fourth-order valence-corrected chi connectivity index (χ4v) is 5.52. The fraction of sp³-hybridized carbons (Fsp3) is 0.667. The molecule has 1 atom stereocenters. The van der Waals surface area contributed by atoms with Crippen LogP contribution in [0.15, 0.2) is 5.38 Å². The molecule has 1 aromatic heterocycles. The first-order valence-corrected chi connectivity index (χ1v) is 10.3. The Labute approximate surface area is 135 Å². The zero-order valence-corrected chi connectivity index (χ0v) is 14.4. The summed E-state index contributed by atoms with van der Waals surface area (Å²) < 4.78 is 22.8. The van der Waals surface area contributed by atoms with Crippen LogP contribution in [-0.4, -0.2) is 37.6 Å². The molecule has 2 N–H and O–H groups in total. The smallest absolute Gasteiger partial charge is 0.254 e. The summed E-state index contributed by atoms with van der Waals surface area (Å²) in [4.78, 5) is 15.9. The number of primary sulfonamides is 1. The minimum atomic E-state index is -3.49. The van der Waals surface area contributed by atoms with E-state index in [-0.39, 0.29) is 5.91 Å². The first-order chi connectivity index (χ1) is 10.4. The third-order valence-electron chi connectivity index (χ3n) is 4.83. The van der Waals surface area contributed by atoms with Gasteiger partial charge in [-0.1, -0.05) is 6.92 Å². The quantitative estimate of drug-likeness (QED) is 0.889. The molecule has 0 bridgehead atoms. The lowest BCUT2D eigenvalue weighted by Gasteiger charge is -2.31. The number of nitrogens with zero attached hydrogens (tertiary/aromatic N) is 1. The molecule has 22 heavy (non-hydrogen) atoms. The highest BCUT2D eigenvalue weighted by Crippen LogP contribution is 2.33. The number of hydrogen-bond acceptors (Lipinski definition) is 4. The maximum Gasteiger partial charge on any atom is 0.254 e. The molecule has 0 radical (unpaired) electrons. The van der Waals surface area contributed by atoms with Gasteiger partial charge in [0.2, 0.25) is 10.0 Å². The summed E-state index contributed by atoms with van der Waals surface area (Å²) in [5, 5.41) is 6.68. The van der Waals surface area contributed by atoms with Crippen LogP contribution in [0.3, 0.4) is 0 Å². The van der Waals surface area contributed by atoms with Gasteiger partial charge in [-0.2, -0.15) is 0 Å². The second-order valence-electron chi connectivity index (χ2n) is 6.48. The lowest BCUT2D eigenvalue weighted by atomic mass is 9.88. The second kappa shape index (κ2) is 5.94. The summed E-state index contributed by atoms with van der Waals surface area (Å²) in [5.41, 5.74) is 2.06. The number of amides is 1. The van der Waals surface area contributed by atoms with E-state index in [0.717, 1.165) is 24.8 Å². The van der Waals surface area contributed by atoms with Crippen LogP contribution in [0.4, 0.5) is 0 Å². The number of fused-ring (bicyclic) bond motifs is 1. The summed E-state index contributed by atoms with van der Waals surface area (Å²) in [7, 11) is -3.49. The van der Waals surface area contributed by atoms with Gasteiger partial charge in [0.05, 0.1) is 10.8 Å². The van der Waals surface area contributed by atoms with Gasteiger partial charge in [-0.3, -0.25) is 4.79 Å². The molecule has 2 aliphatic rings. The zero-order valence-electron chi connectivity index (χ0n) is 12.7. The third kappa shape index (κ3) is 3.07. The number of sulfonamides is 1. The maximum absolute atomic E-state index is 12.7. The fourth-order valence-electron chi connectivity index (χ4n) is 3.41. The van der Waals surface area contributed by atoms with E-state index >= 15 is 0 Å². The zero-order chi connectivity index (χ0) is 15.9. The van der Waals surface area contributed by atoms with Crippen molar-refractivity contribution in [1.29, 1.82) is 0 Å². The molecule has 122 valence electrons. The van der Waals surface area contributed by atoms with Crippen LogP contribution < -0.4 is 5.14 Å². The average molecular weight is 342 g/mol. The predicted molar refractivity (Wildman–Crippen MR) is 87.5 cm³/mol. The van der Waals surface area contributed by atoms with Crippen LogP contribution in [0.2, 0.25) is 0 Å². The van der Waals surface area contributed by atoms with Crippen molar-refractivity contribution in [2.24, 2.45) is 11.1 Å². The van der Waals surface area contributed by atoms with Crippen molar-refractivity contribution in [2.45, 2.75) is 44.3 Å². The average Bonchev–Trinajstić information content (AvgIpc) is 2.88. The normalized spacial score (nSPS) is 23.4. The second-order valence-corrected chi connectivity index (χ2v) is 9.29. The van der Waals surface area contributed by atoms with Gasteiger partial charge in [-0.05, 0) is 43.6 Å². The summed E-state index contributed by atoms with van der Waals surface area (Å²) in [5.74, 6) is 0.750. The van der Waals surface area contributed by atoms with Crippen molar-refractivity contribution in [3.8, 4) is 0 Å². The number of carbonyl (C=O) groups excluding carboxylic acids is 1. The standard InChI is InChI=1S/C15H22N2O3S2/c1-10-2-3-12-13(9-21-14(12)8-10)15(18)17-6-4-11(5-7-17)22(16,19)20/h9-11H,2-8H2,1H3,(H2,16,19,20)/t10-/m0/s1. The number of rotatable bonds is 2. The molecule has 0 unspecified atom stereocenters. The molecule has 0 aromatic carbocycles. The molecule has 3 rings (SSSR count). The monoisotopic (exact) mass is 342 g/mol. The van der Waals surface area contributed by atoms with E-state index in [9.17, 15) is 13.2 Å². The highest BCUT2D eigenvalue weighted by Gasteiger charge is 2.31. The lowest BCUT2D eigenvalue weighted by molar-refractivity contribution is 0.0724. The van der Waals surface area contributed by atoms with Gasteiger partial charge < -0.3 is 4.90 Å². The first-order valence-electron chi connectivity index (χ1n) is 7.76. The number of carbonyl (C=O) groups is 1. The minimum absolute atomic E-state index is 0.0555. The molecule has 0 spiro atoms. The van der Waals surface area contributed by atoms with Gasteiger partial charge in [0.25, 0.3) is 5.91 Å². The van der Waals surface area contributed by atoms with Crippen molar-refractivity contribution in [3.63, 3.8) is 0 Å². The van der Waals surface area contributed by atoms with Gasteiger partial charge in [0.15, 0.2) is 0 Å². The Balaban J connectivity index is 1.71. The molecular formula is C15H22N2O3S2. The van der Waals surface area contributed by atoms with Crippen molar-refractivity contribution in [1.82, 2.24) is 4.90 Å². The van der Waals surface area contributed by atoms with E-state index in [4.69, 9.17) is 5.14 Å². The summed E-state index contributed by atoms with van der Waals surface area (Å²) in [6.07, 6.45) is 4.06. The van der Waals surface area contributed by atoms with E-state index in [1.807, 2.05) is 5.38 Å². The number of nitrogens with two attached hydrogens (primary N) is 1. The number of thiophene rings is 1. The van der Waals surface area contributed by atoms with Crippen molar-refractivity contribution < 1.29 is 13.2 Å². The molecule has 1 saturated heterocycles. The molecule has 1 fully saturated rings. The molecular weight excluding hydrogens is 320 g/mol. The Bertz CT molecular complexity index is 673. The molecule has 0 saturated carbocycles. The number of hydrogen-bond donors (Lipinski definition) is 1. The highest BCUT2D eigenvalue weighted by molar-refractivity contribution is 7.89. The highest BCUT2D eigenvalue weighted by atomic mass is 32.2. The Morgan fingerprint density at radius 2 is 2.00 bits per heavy atom. The largest absolute Gasteiger partial charge is 0.339 e. The summed E-state index contributed by atoms with van der Waals surface area (Å²) in [6.45, 7) is 3.20. The Hall–Kier alpha value is -0.920. The van der Waals surface area contributed by atoms with Gasteiger partial charge >= 0.3 is 0 Å². The summed E-state index contributed by atoms with van der Waals surface area (Å²) >= 11 is 1.69. The van der Waals surface area contributed by atoms with Gasteiger partial charge in [0, 0.05) is 23.3 Å². The van der Waals surface area contributed by atoms with Crippen molar-refractivity contribution in [3.05, 3.63) is 21.4 Å². The van der Waals surface area contributed by atoms with E-state index in [1.54, 1.807) is 16.2 Å². The van der Waals surface area contributed by atoms with Crippen LogP contribution in [0, 0.1) is 5.92 Å². The molecule has 2 heterocycles. The molecule has 1 amide bonds. The molecule has 5 nitrogen and oxygen atoms in total.